The number of nitrogens with one attached hydrogen (secondary N) is 3. The maximum atomic E-state index is 14.8. The highest BCUT2D eigenvalue weighted by molar-refractivity contribution is 6.32. The molecule has 0 aliphatic heterocycles. The molecule has 4 rings (SSSR count). The molecular weight excluding hydrogens is 570 g/mol. The van der Waals surface area contributed by atoms with E-state index in [9.17, 15) is 27.2 Å². The van der Waals surface area contributed by atoms with Crippen LogP contribution >= 0.6 is 11.6 Å². The van der Waals surface area contributed by atoms with E-state index in [4.69, 9.17) is 21.1 Å². The molecule has 0 bridgehead atoms. The molecule has 14 heteroatoms. The van der Waals surface area contributed by atoms with Crippen LogP contribution in [0.3, 0.4) is 0 Å². The molecule has 3 N–H and O–H groups in total. The minimum atomic E-state index is -4.65. The first-order chi connectivity index (χ1) is 19.5. The molecule has 1 heterocycles. The number of fused-ring (bicyclic) bond motifs is 1. The predicted octanol–water partition coefficient (Wildman–Crippen LogP) is 7.03. The van der Waals surface area contributed by atoms with Crippen LogP contribution in [0.4, 0.5) is 33.7 Å². The summed E-state index contributed by atoms with van der Waals surface area (Å²) in [5, 5.41) is 7.88. The molecule has 0 radical (unpaired) electrons. The lowest BCUT2D eigenvalue weighted by atomic mass is 10.1. The molecule has 3 aromatic carbocycles. The maximum Gasteiger partial charge on any atom is 0.416 e. The van der Waals surface area contributed by atoms with Gasteiger partial charge in [-0.05, 0) is 48.9 Å². The van der Waals surface area contributed by atoms with Gasteiger partial charge in [0.2, 0.25) is 0 Å². The normalized spacial score (nSPS) is 11.2. The molecule has 4 aromatic rings. The molecular formula is C27H22ClF4N5O4. The number of ether oxygens (including phenoxy) is 2. The van der Waals surface area contributed by atoms with Crippen molar-refractivity contribution in [2.75, 3.05) is 24.3 Å². The topological polar surface area (TPSA) is 114 Å². The van der Waals surface area contributed by atoms with E-state index in [1.807, 2.05) is 6.92 Å². The smallest absolute Gasteiger partial charge is 0.416 e. The average Bonchev–Trinajstić information content (AvgIpc) is 2.93. The number of urea groups is 1. The fourth-order valence-electron chi connectivity index (χ4n) is 3.61. The number of benzene rings is 3. The lowest BCUT2D eigenvalue weighted by Crippen LogP contribution is -2.25. The van der Waals surface area contributed by atoms with Gasteiger partial charge in [0, 0.05) is 29.8 Å². The molecule has 214 valence electrons. The number of anilines is 2. The molecule has 0 aliphatic carbocycles. The molecule has 0 atom stereocenters. The van der Waals surface area contributed by atoms with Gasteiger partial charge in [-0.2, -0.15) is 23.1 Å². The summed E-state index contributed by atoms with van der Waals surface area (Å²) in [5.41, 5.74) is -1.25. The van der Waals surface area contributed by atoms with Gasteiger partial charge in [0.25, 0.3) is 5.91 Å². The summed E-state index contributed by atoms with van der Waals surface area (Å²) in [4.78, 5) is 33.1. The van der Waals surface area contributed by atoms with Crippen LogP contribution in [0.15, 0.2) is 54.6 Å². The molecule has 0 saturated carbocycles. The fraction of sp³-hybridized carbons (Fsp3) is 0.185. The van der Waals surface area contributed by atoms with Gasteiger partial charge in [0.1, 0.15) is 23.0 Å². The number of alkyl halides is 3. The van der Waals surface area contributed by atoms with Gasteiger partial charge in [0.15, 0.2) is 0 Å². The van der Waals surface area contributed by atoms with Crippen LogP contribution < -0.4 is 25.4 Å². The summed E-state index contributed by atoms with van der Waals surface area (Å²) >= 11 is 5.97. The largest absolute Gasteiger partial charge is 0.495 e. The summed E-state index contributed by atoms with van der Waals surface area (Å²) in [7, 11) is 1.41. The van der Waals surface area contributed by atoms with Crippen LogP contribution in [0.25, 0.3) is 10.9 Å². The van der Waals surface area contributed by atoms with Crippen molar-refractivity contribution in [1.82, 2.24) is 15.3 Å². The lowest BCUT2D eigenvalue weighted by molar-refractivity contribution is -0.137. The Morgan fingerprint density at radius 2 is 1.78 bits per heavy atom. The standard InChI is InChI=1S/C27H22ClF4N5O4/c1-3-10-33-24(38)23-17-7-4-14(27(30,31)32)11-21(17)36-26(37-23)41-16-6-9-20(19(29)13-16)35-25(39)34-15-5-8-18(28)22(12-15)40-2/h4-9,11-13H,3,10H2,1-2H3,(H,33,38)(H2,34,35,39). The number of hydrogen-bond acceptors (Lipinski definition) is 6. The Morgan fingerprint density at radius 3 is 2.46 bits per heavy atom. The molecule has 0 saturated heterocycles. The Morgan fingerprint density at radius 1 is 1.00 bits per heavy atom. The predicted molar refractivity (Wildman–Crippen MR) is 144 cm³/mol. The summed E-state index contributed by atoms with van der Waals surface area (Å²) in [6.07, 6.45) is -4.04. The molecule has 0 unspecified atom stereocenters. The van der Waals surface area contributed by atoms with Crippen LogP contribution in [-0.4, -0.2) is 35.6 Å². The van der Waals surface area contributed by atoms with Crippen molar-refractivity contribution in [3.05, 3.63) is 76.7 Å². The minimum Gasteiger partial charge on any atom is -0.495 e. The highest BCUT2D eigenvalue weighted by atomic mass is 35.5. The average molecular weight is 592 g/mol. The van der Waals surface area contributed by atoms with E-state index >= 15 is 0 Å². The third-order valence-electron chi connectivity index (χ3n) is 5.56. The van der Waals surface area contributed by atoms with Gasteiger partial charge in [-0.25, -0.2) is 9.18 Å². The van der Waals surface area contributed by atoms with Gasteiger partial charge in [-0.15, -0.1) is 0 Å². The maximum absolute atomic E-state index is 14.8. The highest BCUT2D eigenvalue weighted by Crippen LogP contribution is 2.33. The van der Waals surface area contributed by atoms with Crippen LogP contribution in [-0.2, 0) is 6.18 Å². The Hall–Kier alpha value is -4.65. The number of hydrogen-bond donors (Lipinski definition) is 3. The summed E-state index contributed by atoms with van der Waals surface area (Å²) < 4.78 is 65.3. The Labute approximate surface area is 235 Å². The first kappa shape index (κ1) is 29.3. The number of rotatable bonds is 8. The van der Waals surface area contributed by atoms with E-state index in [0.29, 0.717) is 29.4 Å². The quantitative estimate of drug-likeness (QED) is 0.190. The number of carbonyl (C=O) groups is 2. The summed E-state index contributed by atoms with van der Waals surface area (Å²) in [6.45, 7) is 2.13. The van der Waals surface area contributed by atoms with E-state index in [1.165, 1.54) is 37.4 Å². The summed E-state index contributed by atoms with van der Waals surface area (Å²) in [5.74, 6) is -1.35. The lowest BCUT2D eigenvalue weighted by Gasteiger charge is -2.13. The Bertz CT molecular complexity index is 1620. The van der Waals surface area contributed by atoms with Crippen LogP contribution in [0.5, 0.6) is 17.5 Å². The molecule has 0 aliphatic rings. The van der Waals surface area contributed by atoms with Crippen molar-refractivity contribution < 1.29 is 36.6 Å². The van der Waals surface area contributed by atoms with Crippen molar-refractivity contribution in [3.8, 4) is 17.5 Å². The van der Waals surface area contributed by atoms with Gasteiger partial charge in [0.05, 0.1) is 28.9 Å². The number of aromatic nitrogens is 2. The van der Waals surface area contributed by atoms with Gasteiger partial charge in [-0.1, -0.05) is 18.5 Å². The van der Waals surface area contributed by atoms with Crippen LogP contribution in [0.2, 0.25) is 5.02 Å². The van der Waals surface area contributed by atoms with Crippen molar-refractivity contribution >= 4 is 45.8 Å². The Kier molecular flexibility index (Phi) is 8.77. The van der Waals surface area contributed by atoms with Gasteiger partial charge in [-0.3, -0.25) is 4.79 Å². The second kappa shape index (κ2) is 12.3. The molecule has 9 nitrogen and oxygen atoms in total. The molecule has 0 spiro atoms. The van der Waals surface area contributed by atoms with Crippen molar-refractivity contribution in [1.29, 1.82) is 0 Å². The van der Waals surface area contributed by atoms with Crippen molar-refractivity contribution in [3.63, 3.8) is 0 Å². The van der Waals surface area contributed by atoms with E-state index in [0.717, 1.165) is 24.3 Å². The zero-order valence-corrected chi connectivity index (χ0v) is 22.3. The number of carbonyl (C=O) groups excluding carboxylic acids is 2. The Balaban J connectivity index is 1.57. The van der Waals surface area contributed by atoms with E-state index in [2.05, 4.69) is 25.9 Å². The number of halogens is 5. The number of amides is 3. The summed E-state index contributed by atoms with van der Waals surface area (Å²) in [6, 6.07) is 9.36. The second-order valence-electron chi connectivity index (χ2n) is 8.51. The van der Waals surface area contributed by atoms with Gasteiger partial charge < -0.3 is 25.4 Å². The first-order valence-electron chi connectivity index (χ1n) is 12.0. The number of nitrogens with zero attached hydrogens (tertiary/aromatic N) is 2. The van der Waals surface area contributed by atoms with E-state index in [1.54, 1.807) is 0 Å². The third-order valence-corrected chi connectivity index (χ3v) is 5.87. The van der Waals surface area contributed by atoms with Crippen LogP contribution in [0.1, 0.15) is 29.4 Å². The monoisotopic (exact) mass is 591 g/mol. The molecule has 1 aromatic heterocycles. The van der Waals surface area contributed by atoms with Crippen molar-refractivity contribution in [2.45, 2.75) is 19.5 Å². The van der Waals surface area contributed by atoms with Crippen molar-refractivity contribution in [2.24, 2.45) is 0 Å². The zero-order valence-electron chi connectivity index (χ0n) is 21.5. The molecule has 41 heavy (non-hydrogen) atoms. The SMILES string of the molecule is CCCNC(=O)c1nc(Oc2ccc(NC(=O)Nc3ccc(Cl)c(OC)c3)c(F)c2)nc2cc(C(F)(F)F)ccc12. The minimum absolute atomic E-state index is 0.0778. The van der Waals surface area contributed by atoms with E-state index < -0.39 is 35.5 Å². The second-order valence-corrected chi connectivity index (χ2v) is 8.92. The fourth-order valence-corrected chi connectivity index (χ4v) is 3.81. The van der Waals surface area contributed by atoms with Gasteiger partial charge >= 0.3 is 18.2 Å². The molecule has 3 amide bonds. The third kappa shape index (κ3) is 7.11. The number of methoxy groups -OCH3 is 1. The zero-order chi connectivity index (χ0) is 29.7. The highest BCUT2D eigenvalue weighted by Gasteiger charge is 2.31. The van der Waals surface area contributed by atoms with Crippen LogP contribution in [0, 0.1) is 5.82 Å². The van der Waals surface area contributed by atoms with E-state index in [-0.39, 0.29) is 28.0 Å². The first-order valence-corrected chi connectivity index (χ1v) is 12.4. The molecule has 0 fully saturated rings.